The molecule has 64 heavy (non-hydrogen) atoms. The number of aliphatic hydroxyl groups excluding tert-OH is 1. The molecule has 0 rings (SSSR count). The minimum atomic E-state index is -1.68. The van der Waals surface area contributed by atoms with E-state index in [0.717, 1.165) is 0 Å². The van der Waals surface area contributed by atoms with Crippen LogP contribution in [0.15, 0.2) is 9.98 Å². The SMILES string of the molecule is CC(C)[C@H](N)C(=O)N[C@@H](CCCCN)C(=O)N[C@@H](CCCCN)C(=O)N[C@@H](CCCN=C(N)N)C(=O)N[C@H](C(=O)N[C@@H](CCCCN)C(=O)N[C@@H](CCCN=C(N)N)C(=O)O)[C@@H](C)O. The number of nitrogens with zero attached hydrogens (tertiary/aromatic N) is 2. The number of carboxylic acids is 1. The van der Waals surface area contributed by atoms with Crippen molar-refractivity contribution < 1.29 is 43.8 Å². The lowest BCUT2D eigenvalue weighted by molar-refractivity contribution is -0.142. The van der Waals surface area contributed by atoms with Gasteiger partial charge in [0.15, 0.2) is 11.9 Å². The second-order valence-corrected chi connectivity index (χ2v) is 15.9. The van der Waals surface area contributed by atoms with Crippen LogP contribution >= 0.6 is 0 Å². The summed E-state index contributed by atoms with van der Waals surface area (Å²) in [5, 5.41) is 35.9. The molecule has 25 nitrogen and oxygen atoms in total. The molecule has 24 N–H and O–H groups in total. The molecule has 0 heterocycles. The first-order valence-corrected chi connectivity index (χ1v) is 21.9. The molecule has 0 aromatic carbocycles. The van der Waals surface area contributed by atoms with Gasteiger partial charge in [-0.25, -0.2) is 4.79 Å². The lowest BCUT2D eigenvalue weighted by atomic mass is 10.0. The molecule has 0 aliphatic rings. The van der Waals surface area contributed by atoms with Crippen molar-refractivity contribution in [1.29, 1.82) is 0 Å². The van der Waals surface area contributed by atoms with Crippen LogP contribution < -0.4 is 77.8 Å². The predicted molar refractivity (Wildman–Crippen MR) is 242 cm³/mol. The number of amides is 6. The number of aliphatic hydroxyl groups is 1. The Morgan fingerprint density at radius 1 is 0.469 bits per heavy atom. The number of carbonyl (C=O) groups excluding carboxylic acids is 6. The van der Waals surface area contributed by atoms with Crippen LogP contribution in [0.1, 0.15) is 104 Å². The highest BCUT2D eigenvalue weighted by molar-refractivity contribution is 5.97. The van der Waals surface area contributed by atoms with Gasteiger partial charge in [0, 0.05) is 13.1 Å². The number of carbonyl (C=O) groups is 7. The highest BCUT2D eigenvalue weighted by Gasteiger charge is 2.35. The summed E-state index contributed by atoms with van der Waals surface area (Å²) < 4.78 is 0. The van der Waals surface area contributed by atoms with Crippen LogP contribution in [0.25, 0.3) is 0 Å². The van der Waals surface area contributed by atoms with Crippen LogP contribution in [-0.2, 0) is 33.6 Å². The average Bonchev–Trinajstić information content (AvgIpc) is 3.22. The Balaban J connectivity index is 6.55. The van der Waals surface area contributed by atoms with Crippen LogP contribution in [0, 0.1) is 5.92 Å². The largest absolute Gasteiger partial charge is 0.480 e. The molecule has 0 aliphatic heterocycles. The van der Waals surface area contributed by atoms with E-state index in [1.807, 2.05) is 0 Å². The quantitative estimate of drug-likeness (QED) is 0.0161. The summed E-state index contributed by atoms with van der Waals surface area (Å²) in [5.41, 5.74) is 44.6. The maximum Gasteiger partial charge on any atom is 0.326 e. The van der Waals surface area contributed by atoms with E-state index in [0.29, 0.717) is 51.6 Å². The number of guanidine groups is 2. The van der Waals surface area contributed by atoms with Gasteiger partial charge in [-0.1, -0.05) is 13.8 Å². The van der Waals surface area contributed by atoms with Gasteiger partial charge < -0.3 is 88.0 Å². The van der Waals surface area contributed by atoms with Crippen LogP contribution in [0.4, 0.5) is 0 Å². The van der Waals surface area contributed by atoms with E-state index in [1.165, 1.54) is 6.92 Å². The molecule has 0 saturated carbocycles. The van der Waals surface area contributed by atoms with Gasteiger partial charge in [-0.15, -0.1) is 0 Å². The molecule has 6 amide bonds. The number of hydrogen-bond donors (Lipinski definition) is 16. The monoisotopic (exact) mass is 915 g/mol. The number of nitrogens with two attached hydrogens (primary N) is 8. The third kappa shape index (κ3) is 25.1. The average molecular weight is 915 g/mol. The van der Waals surface area contributed by atoms with Crippen molar-refractivity contribution in [3.63, 3.8) is 0 Å². The molecule has 0 aromatic rings. The summed E-state index contributed by atoms with van der Waals surface area (Å²) in [6, 6.07) is -8.92. The molecule has 368 valence electrons. The summed E-state index contributed by atoms with van der Waals surface area (Å²) in [7, 11) is 0. The Labute approximate surface area is 375 Å². The number of rotatable bonds is 35. The summed E-state index contributed by atoms with van der Waals surface area (Å²) >= 11 is 0. The van der Waals surface area contributed by atoms with Crippen LogP contribution in [0.2, 0.25) is 0 Å². The molecular formula is C39H78N16O9. The Hall–Kier alpha value is -5.37. The fourth-order valence-electron chi connectivity index (χ4n) is 6.13. The van der Waals surface area contributed by atoms with Gasteiger partial charge in [0.05, 0.1) is 12.1 Å². The second kappa shape index (κ2) is 33.2. The fraction of sp³-hybridized carbons (Fsp3) is 0.769. The zero-order chi connectivity index (χ0) is 48.8. The highest BCUT2D eigenvalue weighted by Crippen LogP contribution is 2.10. The first-order valence-electron chi connectivity index (χ1n) is 21.9. The summed E-state index contributed by atoms with van der Waals surface area (Å²) in [6.45, 7) is 5.80. The fourth-order valence-corrected chi connectivity index (χ4v) is 6.13. The maximum atomic E-state index is 14.0. The summed E-state index contributed by atoms with van der Waals surface area (Å²) in [4.78, 5) is 102. The summed E-state index contributed by atoms with van der Waals surface area (Å²) in [6.07, 6.45) is 1.76. The van der Waals surface area contributed by atoms with Gasteiger partial charge in [-0.05, 0) is 116 Å². The van der Waals surface area contributed by atoms with E-state index in [-0.39, 0.29) is 82.4 Å². The second-order valence-electron chi connectivity index (χ2n) is 15.9. The van der Waals surface area contributed by atoms with Gasteiger partial charge >= 0.3 is 5.97 Å². The number of unbranched alkanes of at least 4 members (excludes halogenated alkanes) is 3. The van der Waals surface area contributed by atoms with E-state index in [4.69, 9.17) is 45.9 Å². The molecule has 0 aliphatic carbocycles. The highest BCUT2D eigenvalue weighted by atomic mass is 16.4. The molecule has 0 radical (unpaired) electrons. The van der Waals surface area contributed by atoms with E-state index >= 15 is 0 Å². The molecule has 0 spiro atoms. The zero-order valence-corrected chi connectivity index (χ0v) is 37.7. The van der Waals surface area contributed by atoms with Crippen molar-refractivity contribution in [2.75, 3.05) is 32.7 Å². The predicted octanol–water partition coefficient (Wildman–Crippen LogP) is -5.16. The molecular weight excluding hydrogens is 837 g/mol. The van der Waals surface area contributed by atoms with E-state index < -0.39 is 89.8 Å². The molecule has 0 bridgehead atoms. The Morgan fingerprint density at radius 2 is 0.781 bits per heavy atom. The smallest absolute Gasteiger partial charge is 0.326 e. The lowest BCUT2D eigenvalue weighted by Crippen LogP contribution is -2.61. The van der Waals surface area contributed by atoms with Crippen LogP contribution in [-0.4, -0.2) is 145 Å². The van der Waals surface area contributed by atoms with Gasteiger partial charge in [0.25, 0.3) is 0 Å². The Kier molecular flexibility index (Phi) is 30.4. The number of carboxylic acid groups (broad SMARTS) is 1. The first-order chi connectivity index (χ1) is 30.2. The molecule has 0 aromatic heterocycles. The van der Waals surface area contributed by atoms with Crippen molar-refractivity contribution in [3.8, 4) is 0 Å². The molecule has 0 unspecified atom stereocenters. The topological polar surface area (TPSA) is 465 Å². The molecule has 8 atom stereocenters. The maximum absolute atomic E-state index is 14.0. The van der Waals surface area contributed by atoms with Crippen LogP contribution in [0.5, 0.6) is 0 Å². The van der Waals surface area contributed by atoms with Gasteiger partial charge in [0.1, 0.15) is 36.3 Å². The number of hydrogen-bond acceptors (Lipinski definition) is 14. The van der Waals surface area contributed by atoms with Crippen LogP contribution in [0.3, 0.4) is 0 Å². The Morgan fingerprint density at radius 3 is 1.11 bits per heavy atom. The van der Waals surface area contributed by atoms with E-state index in [9.17, 15) is 43.8 Å². The first kappa shape index (κ1) is 58.6. The molecule has 0 fully saturated rings. The number of aliphatic carboxylic acids is 1. The summed E-state index contributed by atoms with van der Waals surface area (Å²) in [5.74, 6) is -6.71. The lowest BCUT2D eigenvalue weighted by Gasteiger charge is -2.28. The van der Waals surface area contributed by atoms with Gasteiger partial charge in [0.2, 0.25) is 35.4 Å². The standard InChI is InChI=1S/C39H78N16O9/c1-22(2)29(43)35(61)52-25(13-5-8-18-41)32(58)50-24(12-4-7-17-40)31(57)51-27(15-10-20-48-38(44)45)34(60)55-30(23(3)56)36(62)53-26(14-6-9-19-42)33(59)54-28(37(63)64)16-11-21-49-39(46)47/h22-30,56H,4-21,40-43H2,1-3H3,(H,50,58)(H,51,57)(H,52,61)(H,53,62)(H,54,59)(H,55,60)(H,63,64)(H4,44,45,48)(H4,46,47,49)/t23-,24+,25+,26+,27+,28+,29+,30+/m1/s1. The van der Waals surface area contributed by atoms with Crippen molar-refractivity contribution >= 4 is 53.3 Å². The third-order valence-corrected chi connectivity index (χ3v) is 9.96. The van der Waals surface area contributed by atoms with Crippen molar-refractivity contribution in [3.05, 3.63) is 0 Å². The van der Waals surface area contributed by atoms with E-state index in [1.54, 1.807) is 13.8 Å². The number of aliphatic imine (C=N–C) groups is 2. The molecule has 0 saturated heterocycles. The zero-order valence-electron chi connectivity index (χ0n) is 37.7. The third-order valence-electron chi connectivity index (χ3n) is 9.96. The minimum absolute atomic E-state index is 0.0262. The van der Waals surface area contributed by atoms with Crippen molar-refractivity contribution in [2.24, 2.45) is 61.8 Å². The van der Waals surface area contributed by atoms with E-state index in [2.05, 4.69) is 41.9 Å². The van der Waals surface area contributed by atoms with Crippen molar-refractivity contribution in [2.45, 2.75) is 153 Å². The van der Waals surface area contributed by atoms with Crippen molar-refractivity contribution in [1.82, 2.24) is 31.9 Å². The normalized spacial score (nSPS) is 14.8. The Bertz CT molecular complexity index is 1510. The molecule has 25 heteroatoms. The minimum Gasteiger partial charge on any atom is -0.480 e. The van der Waals surface area contributed by atoms with Gasteiger partial charge in [-0.3, -0.25) is 38.8 Å². The van der Waals surface area contributed by atoms with Gasteiger partial charge in [-0.2, -0.15) is 0 Å². The number of nitrogens with one attached hydrogen (secondary N) is 6.